The van der Waals surface area contributed by atoms with Crippen LogP contribution in [-0.2, 0) is 26.2 Å². The number of carbonyl (C=O) groups is 2. The molecule has 8 heteroatoms. The van der Waals surface area contributed by atoms with Crippen molar-refractivity contribution in [3.63, 3.8) is 0 Å². The summed E-state index contributed by atoms with van der Waals surface area (Å²) in [5.41, 5.74) is 0.613. The van der Waals surface area contributed by atoms with Crippen molar-refractivity contribution in [1.82, 2.24) is 9.62 Å². The van der Waals surface area contributed by atoms with E-state index in [-0.39, 0.29) is 46.9 Å². The van der Waals surface area contributed by atoms with Crippen molar-refractivity contribution >= 4 is 21.8 Å². The van der Waals surface area contributed by atoms with Crippen LogP contribution in [-0.4, -0.2) is 38.3 Å². The average molecular weight is 449 g/mol. The van der Waals surface area contributed by atoms with Gasteiger partial charge in [0.1, 0.15) is 10.6 Å². The Hall–Kier alpha value is -1.93. The van der Waals surface area contributed by atoms with Gasteiger partial charge in [0.05, 0.1) is 25.5 Å². The molecule has 170 valence electrons. The predicted octanol–water partition coefficient (Wildman–Crippen LogP) is 3.37. The average Bonchev–Trinajstić information content (AvgIpc) is 2.94. The largest absolute Gasteiger partial charge is 0.495 e. The molecular weight excluding hydrogens is 416 g/mol. The monoisotopic (exact) mass is 448 g/mol. The highest BCUT2D eigenvalue weighted by Gasteiger charge is 2.47. The van der Waals surface area contributed by atoms with Crippen molar-refractivity contribution in [3.8, 4) is 5.75 Å². The summed E-state index contributed by atoms with van der Waals surface area (Å²) >= 11 is 0. The molecular formula is C23H32N2O5S. The van der Waals surface area contributed by atoms with Gasteiger partial charge in [0.2, 0.25) is 21.8 Å². The number of hydrogen-bond donors (Lipinski definition) is 1. The first kappa shape index (κ1) is 22.3. The van der Waals surface area contributed by atoms with E-state index in [2.05, 4.69) is 4.72 Å². The van der Waals surface area contributed by atoms with Crippen LogP contribution < -0.4 is 9.46 Å². The Bertz CT molecular complexity index is 913. The summed E-state index contributed by atoms with van der Waals surface area (Å²) in [6.45, 7) is 0.0978. The van der Waals surface area contributed by atoms with Gasteiger partial charge in [-0.3, -0.25) is 14.5 Å². The third-order valence-electron chi connectivity index (χ3n) is 6.97. The van der Waals surface area contributed by atoms with Crippen LogP contribution in [0, 0.1) is 11.8 Å². The fourth-order valence-corrected chi connectivity index (χ4v) is 6.80. The molecule has 1 saturated heterocycles. The Morgan fingerprint density at radius 3 is 2.10 bits per heavy atom. The van der Waals surface area contributed by atoms with E-state index in [1.807, 2.05) is 0 Å². The van der Waals surface area contributed by atoms with E-state index in [4.69, 9.17) is 4.74 Å². The van der Waals surface area contributed by atoms with Gasteiger partial charge in [-0.2, -0.15) is 0 Å². The molecule has 1 aliphatic heterocycles. The van der Waals surface area contributed by atoms with E-state index in [0.717, 1.165) is 64.2 Å². The normalized spacial score (nSPS) is 25.4. The number of imide groups is 1. The van der Waals surface area contributed by atoms with Crippen LogP contribution in [0.4, 0.5) is 0 Å². The maximum Gasteiger partial charge on any atom is 0.244 e. The number of nitrogens with one attached hydrogen (secondary N) is 1. The van der Waals surface area contributed by atoms with Gasteiger partial charge in [0.25, 0.3) is 0 Å². The zero-order valence-corrected chi connectivity index (χ0v) is 19.0. The van der Waals surface area contributed by atoms with Crippen LogP contribution in [0.15, 0.2) is 23.1 Å². The number of likely N-dealkylation sites (tertiary alicyclic amines) is 1. The van der Waals surface area contributed by atoms with Crippen molar-refractivity contribution in [2.45, 2.75) is 81.7 Å². The summed E-state index contributed by atoms with van der Waals surface area (Å²) in [5, 5.41) is 0. The van der Waals surface area contributed by atoms with Gasteiger partial charge in [-0.05, 0) is 43.4 Å². The van der Waals surface area contributed by atoms with Crippen molar-refractivity contribution < 1.29 is 22.7 Å². The Kier molecular flexibility index (Phi) is 6.67. The number of rotatable bonds is 6. The van der Waals surface area contributed by atoms with E-state index in [9.17, 15) is 18.0 Å². The van der Waals surface area contributed by atoms with E-state index in [1.54, 1.807) is 18.2 Å². The molecule has 31 heavy (non-hydrogen) atoms. The summed E-state index contributed by atoms with van der Waals surface area (Å²) in [4.78, 5) is 27.0. The molecule has 1 heterocycles. The number of methoxy groups -OCH3 is 1. The molecule has 2 amide bonds. The van der Waals surface area contributed by atoms with Crippen LogP contribution in [0.1, 0.15) is 69.8 Å². The first-order valence-electron chi connectivity index (χ1n) is 11.4. The minimum absolute atomic E-state index is 0.0632. The first-order chi connectivity index (χ1) is 14.9. The zero-order valence-electron chi connectivity index (χ0n) is 18.1. The standard InChI is InChI=1S/C23H32N2O5S/c1-30-20-13-12-16(15-25-22(26)18-10-6-7-11-19(18)23(25)27)14-21(20)31(28,29)24-17-8-4-2-3-5-9-17/h12-14,17-19,24H,2-11,15H2,1H3/t18-,19-/m0/s1. The second kappa shape index (κ2) is 9.28. The molecule has 7 nitrogen and oxygen atoms in total. The van der Waals surface area contributed by atoms with Gasteiger partial charge in [0, 0.05) is 6.04 Å². The van der Waals surface area contributed by atoms with Crippen molar-refractivity contribution in [3.05, 3.63) is 23.8 Å². The van der Waals surface area contributed by atoms with Crippen LogP contribution in [0.2, 0.25) is 0 Å². The minimum Gasteiger partial charge on any atom is -0.495 e. The lowest BCUT2D eigenvalue weighted by Crippen LogP contribution is -2.35. The Labute approximate surface area is 184 Å². The smallest absolute Gasteiger partial charge is 0.244 e. The number of ether oxygens (including phenoxy) is 1. The van der Waals surface area contributed by atoms with Gasteiger partial charge in [-0.15, -0.1) is 0 Å². The van der Waals surface area contributed by atoms with Crippen molar-refractivity contribution in [2.24, 2.45) is 11.8 Å². The summed E-state index contributed by atoms with van der Waals surface area (Å²) < 4.78 is 34.5. The molecule has 4 rings (SSSR count). The fraction of sp³-hybridized carbons (Fsp3) is 0.652. The maximum atomic E-state index is 13.2. The Balaban J connectivity index is 1.56. The van der Waals surface area contributed by atoms with Crippen LogP contribution >= 0.6 is 0 Å². The molecule has 3 aliphatic rings. The summed E-state index contributed by atoms with van der Waals surface area (Å²) in [7, 11) is -2.34. The molecule has 1 N–H and O–H groups in total. The summed E-state index contributed by atoms with van der Waals surface area (Å²) in [6, 6.07) is 4.80. The van der Waals surface area contributed by atoms with Crippen LogP contribution in [0.5, 0.6) is 5.75 Å². The van der Waals surface area contributed by atoms with E-state index < -0.39 is 10.0 Å². The quantitative estimate of drug-likeness (QED) is 0.532. The SMILES string of the molecule is COc1ccc(CN2C(=O)[C@H]3CCCC[C@@H]3C2=O)cc1S(=O)(=O)NC1CCCCCC1. The van der Waals surface area contributed by atoms with E-state index >= 15 is 0 Å². The highest BCUT2D eigenvalue weighted by atomic mass is 32.2. The molecule has 2 atom stereocenters. The highest BCUT2D eigenvalue weighted by molar-refractivity contribution is 7.89. The van der Waals surface area contributed by atoms with Crippen LogP contribution in [0.3, 0.4) is 0 Å². The predicted molar refractivity (Wildman–Crippen MR) is 116 cm³/mol. The summed E-state index contributed by atoms with van der Waals surface area (Å²) in [5.74, 6) is -0.394. The molecule has 2 saturated carbocycles. The fourth-order valence-electron chi connectivity index (χ4n) is 5.28. The lowest BCUT2D eigenvalue weighted by molar-refractivity contribution is -0.140. The minimum atomic E-state index is -3.79. The second-order valence-corrected chi connectivity index (χ2v) is 10.7. The van der Waals surface area contributed by atoms with Crippen LogP contribution in [0.25, 0.3) is 0 Å². The second-order valence-electron chi connectivity index (χ2n) is 9.06. The molecule has 0 unspecified atom stereocenters. The van der Waals surface area contributed by atoms with Crippen molar-refractivity contribution in [2.75, 3.05) is 7.11 Å². The first-order valence-corrected chi connectivity index (χ1v) is 12.9. The highest BCUT2D eigenvalue weighted by Crippen LogP contribution is 2.39. The molecule has 0 spiro atoms. The summed E-state index contributed by atoms with van der Waals surface area (Å²) in [6.07, 6.45) is 9.46. The van der Waals surface area contributed by atoms with Gasteiger partial charge in [0.15, 0.2) is 0 Å². The third kappa shape index (κ3) is 4.65. The number of nitrogens with zero attached hydrogens (tertiary/aromatic N) is 1. The third-order valence-corrected chi connectivity index (χ3v) is 8.51. The number of hydrogen-bond acceptors (Lipinski definition) is 5. The van der Waals surface area contributed by atoms with Gasteiger partial charge < -0.3 is 4.74 Å². The zero-order chi connectivity index (χ0) is 22.0. The molecule has 2 aliphatic carbocycles. The van der Waals surface area contributed by atoms with E-state index in [1.165, 1.54) is 12.0 Å². The molecule has 1 aromatic carbocycles. The molecule has 3 fully saturated rings. The number of sulfonamides is 1. The molecule has 0 aromatic heterocycles. The maximum absolute atomic E-state index is 13.2. The number of fused-ring (bicyclic) bond motifs is 1. The molecule has 0 radical (unpaired) electrons. The number of benzene rings is 1. The van der Waals surface area contributed by atoms with Gasteiger partial charge in [-0.1, -0.05) is 44.6 Å². The van der Waals surface area contributed by atoms with Crippen molar-refractivity contribution in [1.29, 1.82) is 0 Å². The number of amides is 2. The molecule has 0 bridgehead atoms. The Morgan fingerprint density at radius 2 is 1.52 bits per heavy atom. The van der Waals surface area contributed by atoms with E-state index in [0.29, 0.717) is 5.56 Å². The molecule has 1 aromatic rings. The lowest BCUT2D eigenvalue weighted by atomic mass is 9.81. The number of carbonyl (C=O) groups excluding carboxylic acids is 2. The lowest BCUT2D eigenvalue weighted by Gasteiger charge is -2.19. The topological polar surface area (TPSA) is 92.8 Å². The van der Waals surface area contributed by atoms with Gasteiger partial charge >= 0.3 is 0 Å². The Morgan fingerprint density at radius 1 is 0.935 bits per heavy atom. The van der Waals surface area contributed by atoms with Gasteiger partial charge in [-0.25, -0.2) is 13.1 Å².